The molecule has 6 nitrogen and oxygen atoms in total. The lowest BCUT2D eigenvalue weighted by atomic mass is 9.83. The summed E-state index contributed by atoms with van der Waals surface area (Å²) in [5, 5.41) is 0.477. The molecule has 1 aliphatic heterocycles. The minimum atomic E-state index is -0.773. The third-order valence-corrected chi connectivity index (χ3v) is 5.58. The molecule has 0 saturated heterocycles. The van der Waals surface area contributed by atoms with Crippen LogP contribution in [-0.2, 0) is 16.1 Å². The normalized spacial score (nSPS) is 15.3. The van der Waals surface area contributed by atoms with Crippen LogP contribution in [-0.4, -0.2) is 17.6 Å². The molecule has 0 fully saturated rings. The van der Waals surface area contributed by atoms with Crippen molar-refractivity contribution in [2.45, 2.75) is 19.4 Å². The van der Waals surface area contributed by atoms with Crippen molar-refractivity contribution in [3.63, 3.8) is 0 Å². The van der Waals surface area contributed by atoms with Gasteiger partial charge in [0.25, 0.3) is 5.56 Å². The molecule has 0 radical (unpaired) electrons. The topological polar surface area (TPSA) is 83.5 Å². The summed E-state index contributed by atoms with van der Waals surface area (Å²) in [7, 11) is 1.26. The van der Waals surface area contributed by atoms with E-state index in [1.54, 1.807) is 34.9 Å². The average molecular weight is 437 g/mol. The summed E-state index contributed by atoms with van der Waals surface area (Å²) in [5.41, 5.74) is 8.58. The first kappa shape index (κ1) is 20.8. The van der Waals surface area contributed by atoms with Gasteiger partial charge < -0.3 is 19.8 Å². The van der Waals surface area contributed by atoms with Gasteiger partial charge in [0.15, 0.2) is 0 Å². The molecule has 0 aliphatic carbocycles. The highest BCUT2D eigenvalue weighted by Gasteiger charge is 2.38. The number of aryl methyl sites for hydroxylation is 1. The number of carbonyl (C=O) groups excluding carboxylic acids is 1. The first-order valence-electron chi connectivity index (χ1n) is 9.70. The number of ether oxygens (including phenoxy) is 2. The van der Waals surface area contributed by atoms with Crippen molar-refractivity contribution in [2.75, 3.05) is 7.11 Å². The number of nitrogens with two attached hydrogens (primary N) is 1. The van der Waals surface area contributed by atoms with E-state index in [0.29, 0.717) is 34.1 Å². The van der Waals surface area contributed by atoms with Crippen molar-refractivity contribution in [1.82, 2.24) is 4.57 Å². The number of aromatic nitrogens is 1. The van der Waals surface area contributed by atoms with Crippen molar-refractivity contribution in [2.24, 2.45) is 5.73 Å². The Morgan fingerprint density at radius 2 is 1.90 bits per heavy atom. The van der Waals surface area contributed by atoms with Gasteiger partial charge in [-0.15, -0.1) is 0 Å². The lowest BCUT2D eigenvalue weighted by Crippen LogP contribution is -2.35. The minimum absolute atomic E-state index is 0.0736. The Hall–Kier alpha value is -3.51. The summed E-state index contributed by atoms with van der Waals surface area (Å²) in [6.45, 7) is 2.21. The molecule has 1 unspecified atom stereocenters. The first-order chi connectivity index (χ1) is 14.9. The number of halogens is 1. The van der Waals surface area contributed by atoms with Gasteiger partial charge in [-0.05, 0) is 30.2 Å². The van der Waals surface area contributed by atoms with E-state index in [1.165, 1.54) is 7.11 Å². The first-order valence-corrected chi connectivity index (χ1v) is 10.1. The molecule has 2 aromatic carbocycles. The highest BCUT2D eigenvalue weighted by molar-refractivity contribution is 6.30. The van der Waals surface area contributed by atoms with E-state index in [2.05, 4.69) is 0 Å². The van der Waals surface area contributed by atoms with E-state index >= 15 is 0 Å². The van der Waals surface area contributed by atoms with Crippen molar-refractivity contribution in [3.8, 4) is 5.75 Å². The number of hydrogen-bond acceptors (Lipinski definition) is 5. The Bertz CT molecular complexity index is 1250. The standard InChI is InChI=1S/C24H21ClN2O4/c1-14-11-18-20(23(28)27(14)13-15-7-4-3-5-8-15)19(16-9-6-10-17(25)12-16)21(22(26)31-18)24(29)30-2/h3-12,19H,13,26H2,1-2H3. The number of benzene rings is 2. The van der Waals surface area contributed by atoms with Crippen LogP contribution in [0.3, 0.4) is 0 Å². The summed E-state index contributed by atoms with van der Waals surface area (Å²) in [4.78, 5) is 26.3. The SMILES string of the molecule is COC(=O)C1=C(N)Oc2cc(C)n(Cc3ccccc3)c(=O)c2C1c1cccc(Cl)c1. The highest BCUT2D eigenvalue weighted by Crippen LogP contribution is 2.41. The average Bonchev–Trinajstić information content (AvgIpc) is 2.76. The zero-order valence-electron chi connectivity index (χ0n) is 17.1. The van der Waals surface area contributed by atoms with Crippen LogP contribution in [0.15, 0.2) is 76.9 Å². The third-order valence-electron chi connectivity index (χ3n) is 5.34. The smallest absolute Gasteiger partial charge is 0.340 e. The van der Waals surface area contributed by atoms with Crippen LogP contribution in [0.5, 0.6) is 5.75 Å². The number of hydrogen-bond donors (Lipinski definition) is 1. The number of rotatable bonds is 4. The molecule has 31 heavy (non-hydrogen) atoms. The Kier molecular flexibility index (Phi) is 5.57. The Morgan fingerprint density at radius 1 is 1.16 bits per heavy atom. The van der Waals surface area contributed by atoms with Crippen LogP contribution in [0.4, 0.5) is 0 Å². The summed E-state index contributed by atoms with van der Waals surface area (Å²) in [5.74, 6) is -1.21. The molecule has 0 bridgehead atoms. The molecule has 0 spiro atoms. The van der Waals surface area contributed by atoms with Crippen LogP contribution < -0.4 is 16.0 Å². The monoisotopic (exact) mass is 436 g/mol. The predicted octanol–water partition coefficient (Wildman–Crippen LogP) is 3.73. The third kappa shape index (κ3) is 3.82. The Labute approximate surface area is 184 Å². The molecule has 1 atom stereocenters. The minimum Gasteiger partial charge on any atom is -0.465 e. The molecule has 3 aromatic rings. The maximum absolute atomic E-state index is 13.7. The lowest BCUT2D eigenvalue weighted by Gasteiger charge is -2.29. The second kappa shape index (κ2) is 8.32. The molecule has 0 amide bonds. The van der Waals surface area contributed by atoms with E-state index in [0.717, 1.165) is 5.56 Å². The second-order valence-corrected chi connectivity index (χ2v) is 7.74. The van der Waals surface area contributed by atoms with Gasteiger partial charge in [-0.25, -0.2) is 4.79 Å². The van der Waals surface area contributed by atoms with Crippen molar-refractivity contribution < 1.29 is 14.3 Å². The molecule has 2 heterocycles. The molecule has 1 aromatic heterocycles. The molecule has 4 rings (SSSR count). The fourth-order valence-corrected chi connectivity index (χ4v) is 4.08. The molecular weight excluding hydrogens is 416 g/mol. The van der Waals surface area contributed by atoms with E-state index in [1.807, 2.05) is 37.3 Å². The van der Waals surface area contributed by atoms with E-state index < -0.39 is 11.9 Å². The largest absolute Gasteiger partial charge is 0.465 e. The van der Waals surface area contributed by atoms with E-state index in [4.69, 9.17) is 26.8 Å². The molecule has 2 N–H and O–H groups in total. The maximum atomic E-state index is 13.7. The van der Waals surface area contributed by atoms with E-state index in [9.17, 15) is 9.59 Å². The van der Waals surface area contributed by atoms with Gasteiger partial charge in [0.1, 0.15) is 11.3 Å². The van der Waals surface area contributed by atoms with E-state index in [-0.39, 0.29) is 17.0 Å². The molecule has 0 saturated carbocycles. The number of esters is 1. The lowest BCUT2D eigenvalue weighted by molar-refractivity contribution is -0.136. The Morgan fingerprint density at radius 3 is 2.58 bits per heavy atom. The van der Waals surface area contributed by atoms with Gasteiger partial charge in [-0.3, -0.25) is 4.79 Å². The highest BCUT2D eigenvalue weighted by atomic mass is 35.5. The quantitative estimate of drug-likeness (QED) is 0.630. The number of carbonyl (C=O) groups is 1. The van der Waals surface area contributed by atoms with Gasteiger partial charge in [-0.1, -0.05) is 54.1 Å². The summed E-state index contributed by atoms with van der Waals surface area (Å²) in [6.07, 6.45) is 0. The number of nitrogens with zero attached hydrogens (tertiary/aromatic N) is 1. The van der Waals surface area contributed by atoms with Gasteiger partial charge in [0.05, 0.1) is 25.1 Å². The number of pyridine rings is 1. The van der Waals surface area contributed by atoms with Crippen LogP contribution >= 0.6 is 11.6 Å². The predicted molar refractivity (Wildman–Crippen MR) is 118 cm³/mol. The fraction of sp³-hybridized carbons (Fsp3) is 0.167. The van der Waals surface area contributed by atoms with Gasteiger partial charge in [-0.2, -0.15) is 0 Å². The molecular formula is C24H21ClN2O4. The van der Waals surface area contributed by atoms with Crippen LogP contribution in [0.2, 0.25) is 5.02 Å². The van der Waals surface area contributed by atoms with Crippen molar-refractivity contribution >= 4 is 17.6 Å². The molecule has 7 heteroatoms. The Balaban J connectivity index is 1.96. The molecule has 1 aliphatic rings. The van der Waals surface area contributed by atoms with Gasteiger partial charge >= 0.3 is 5.97 Å². The fourth-order valence-electron chi connectivity index (χ4n) is 3.88. The van der Waals surface area contributed by atoms with Gasteiger partial charge in [0.2, 0.25) is 5.88 Å². The zero-order valence-corrected chi connectivity index (χ0v) is 17.8. The van der Waals surface area contributed by atoms with Crippen LogP contribution in [0.1, 0.15) is 28.3 Å². The number of methoxy groups -OCH3 is 1. The van der Waals surface area contributed by atoms with Crippen molar-refractivity contribution in [1.29, 1.82) is 0 Å². The maximum Gasteiger partial charge on any atom is 0.340 e. The summed E-state index contributed by atoms with van der Waals surface area (Å²) >= 11 is 6.21. The van der Waals surface area contributed by atoms with Crippen LogP contribution in [0, 0.1) is 6.92 Å². The summed E-state index contributed by atoms with van der Waals surface area (Å²) in [6, 6.07) is 18.4. The van der Waals surface area contributed by atoms with Gasteiger partial charge in [0, 0.05) is 16.8 Å². The zero-order chi connectivity index (χ0) is 22.1. The molecule has 158 valence electrons. The van der Waals surface area contributed by atoms with Crippen molar-refractivity contribution in [3.05, 3.63) is 110 Å². The second-order valence-electron chi connectivity index (χ2n) is 7.30. The summed E-state index contributed by atoms with van der Waals surface area (Å²) < 4.78 is 12.3. The number of fused-ring (bicyclic) bond motifs is 1. The van der Waals surface area contributed by atoms with Crippen LogP contribution in [0.25, 0.3) is 0 Å².